The first-order chi connectivity index (χ1) is 9.63. The lowest BCUT2D eigenvalue weighted by molar-refractivity contribution is -0.136. The SMILES string of the molecule is COc1ccnc(Cn2cc(CC(=O)O)nn2)c1OC. The highest BCUT2D eigenvalue weighted by atomic mass is 16.5. The molecule has 0 aliphatic carbocycles. The number of carbonyl (C=O) groups is 1. The van der Waals surface area contributed by atoms with Crippen LogP contribution in [0.3, 0.4) is 0 Å². The van der Waals surface area contributed by atoms with Gasteiger partial charge in [-0.3, -0.25) is 9.78 Å². The van der Waals surface area contributed by atoms with Crippen molar-refractivity contribution < 1.29 is 19.4 Å². The van der Waals surface area contributed by atoms with E-state index in [1.165, 1.54) is 11.8 Å². The van der Waals surface area contributed by atoms with Crippen LogP contribution in [0, 0.1) is 0 Å². The monoisotopic (exact) mass is 278 g/mol. The van der Waals surface area contributed by atoms with Gasteiger partial charge in [-0.05, 0) is 0 Å². The van der Waals surface area contributed by atoms with Crippen LogP contribution in [0.5, 0.6) is 11.5 Å². The minimum Gasteiger partial charge on any atom is -0.493 e. The zero-order chi connectivity index (χ0) is 14.5. The molecule has 2 aromatic rings. The molecule has 20 heavy (non-hydrogen) atoms. The van der Waals surface area contributed by atoms with E-state index in [0.29, 0.717) is 29.4 Å². The van der Waals surface area contributed by atoms with Gasteiger partial charge in [0.15, 0.2) is 11.5 Å². The van der Waals surface area contributed by atoms with Gasteiger partial charge in [-0.15, -0.1) is 5.10 Å². The zero-order valence-corrected chi connectivity index (χ0v) is 11.1. The summed E-state index contributed by atoms with van der Waals surface area (Å²) in [6, 6.07) is 1.69. The van der Waals surface area contributed by atoms with Crippen molar-refractivity contribution in [2.45, 2.75) is 13.0 Å². The Morgan fingerprint density at radius 1 is 1.40 bits per heavy atom. The van der Waals surface area contributed by atoms with Gasteiger partial charge in [-0.25, -0.2) is 4.68 Å². The number of hydrogen-bond acceptors (Lipinski definition) is 6. The molecule has 1 N–H and O–H groups in total. The maximum absolute atomic E-state index is 10.6. The van der Waals surface area contributed by atoms with E-state index < -0.39 is 5.97 Å². The van der Waals surface area contributed by atoms with Crippen molar-refractivity contribution in [3.05, 3.63) is 29.8 Å². The first-order valence-corrected chi connectivity index (χ1v) is 5.80. The number of aliphatic carboxylic acids is 1. The van der Waals surface area contributed by atoms with Crippen LogP contribution >= 0.6 is 0 Å². The fraction of sp³-hybridized carbons (Fsp3) is 0.333. The van der Waals surface area contributed by atoms with E-state index in [-0.39, 0.29) is 6.42 Å². The molecule has 2 heterocycles. The minimum atomic E-state index is -0.950. The van der Waals surface area contributed by atoms with E-state index >= 15 is 0 Å². The summed E-state index contributed by atoms with van der Waals surface area (Å²) < 4.78 is 12.0. The molecule has 8 heteroatoms. The third-order valence-corrected chi connectivity index (χ3v) is 2.60. The summed E-state index contributed by atoms with van der Waals surface area (Å²) >= 11 is 0. The third kappa shape index (κ3) is 3.02. The van der Waals surface area contributed by atoms with E-state index in [4.69, 9.17) is 14.6 Å². The zero-order valence-electron chi connectivity index (χ0n) is 11.1. The molecule has 0 fully saturated rings. The molecular weight excluding hydrogens is 264 g/mol. The predicted octanol–water partition coefficient (Wildman–Crippen LogP) is 0.366. The van der Waals surface area contributed by atoms with Crippen LogP contribution in [-0.2, 0) is 17.8 Å². The topological polar surface area (TPSA) is 99.4 Å². The number of ether oxygens (including phenoxy) is 2. The lowest BCUT2D eigenvalue weighted by Crippen LogP contribution is -2.06. The number of carboxylic acid groups (broad SMARTS) is 1. The molecule has 0 spiro atoms. The van der Waals surface area contributed by atoms with E-state index in [1.807, 2.05) is 0 Å². The molecule has 106 valence electrons. The summed E-state index contributed by atoms with van der Waals surface area (Å²) in [7, 11) is 3.07. The number of methoxy groups -OCH3 is 2. The molecule has 0 atom stereocenters. The Morgan fingerprint density at radius 3 is 2.85 bits per heavy atom. The van der Waals surface area contributed by atoms with Crippen LogP contribution in [0.15, 0.2) is 18.5 Å². The number of hydrogen-bond donors (Lipinski definition) is 1. The van der Waals surface area contributed by atoms with Crippen molar-refractivity contribution in [3.63, 3.8) is 0 Å². The molecular formula is C12H14N4O4. The quantitative estimate of drug-likeness (QED) is 0.814. The van der Waals surface area contributed by atoms with Crippen LogP contribution in [0.1, 0.15) is 11.4 Å². The predicted molar refractivity (Wildman–Crippen MR) is 67.8 cm³/mol. The molecule has 0 aliphatic heterocycles. The Hall–Kier alpha value is -2.64. The molecule has 2 rings (SSSR count). The number of carboxylic acids is 1. The summed E-state index contributed by atoms with van der Waals surface area (Å²) in [6.45, 7) is 0.312. The van der Waals surface area contributed by atoms with Gasteiger partial charge in [0.05, 0.1) is 32.9 Å². The standard InChI is InChI=1S/C12H14N4O4/c1-19-10-3-4-13-9(12(10)20-2)7-16-6-8(14-15-16)5-11(17)18/h3-4,6H,5,7H2,1-2H3,(H,17,18). The Balaban J connectivity index is 2.21. The average molecular weight is 278 g/mol. The Morgan fingerprint density at radius 2 is 2.20 bits per heavy atom. The first-order valence-electron chi connectivity index (χ1n) is 5.80. The fourth-order valence-electron chi connectivity index (χ4n) is 1.77. The van der Waals surface area contributed by atoms with Crippen LogP contribution < -0.4 is 9.47 Å². The smallest absolute Gasteiger partial charge is 0.309 e. The van der Waals surface area contributed by atoms with Crippen molar-refractivity contribution in [1.82, 2.24) is 20.0 Å². The molecule has 8 nitrogen and oxygen atoms in total. The summed E-state index contributed by atoms with van der Waals surface area (Å²) in [5.74, 6) is 0.141. The maximum Gasteiger partial charge on any atom is 0.309 e. The third-order valence-electron chi connectivity index (χ3n) is 2.60. The van der Waals surface area contributed by atoms with Crippen molar-refractivity contribution in [1.29, 1.82) is 0 Å². The second-order valence-corrected chi connectivity index (χ2v) is 3.97. The first kappa shape index (κ1) is 13.8. The molecule has 0 saturated carbocycles. The molecule has 0 amide bonds. The Kier molecular flexibility index (Phi) is 4.14. The highest BCUT2D eigenvalue weighted by Crippen LogP contribution is 2.29. The van der Waals surface area contributed by atoms with Gasteiger partial charge in [0.25, 0.3) is 0 Å². The number of aromatic nitrogens is 4. The van der Waals surface area contributed by atoms with Gasteiger partial charge in [0.2, 0.25) is 0 Å². The van der Waals surface area contributed by atoms with Gasteiger partial charge >= 0.3 is 5.97 Å². The molecule has 0 bridgehead atoms. The summed E-state index contributed by atoms with van der Waals surface area (Å²) in [5.41, 5.74) is 1.01. The summed E-state index contributed by atoms with van der Waals surface area (Å²) in [4.78, 5) is 14.8. The second kappa shape index (κ2) is 6.00. The number of pyridine rings is 1. The maximum atomic E-state index is 10.6. The molecule has 0 aromatic carbocycles. The van der Waals surface area contributed by atoms with E-state index in [1.54, 1.807) is 25.6 Å². The van der Waals surface area contributed by atoms with Gasteiger partial charge in [-0.1, -0.05) is 5.21 Å². The summed E-state index contributed by atoms with van der Waals surface area (Å²) in [6.07, 6.45) is 3.00. The molecule has 0 aliphatic rings. The van der Waals surface area contributed by atoms with Crippen LogP contribution in [0.2, 0.25) is 0 Å². The lowest BCUT2D eigenvalue weighted by atomic mass is 10.3. The van der Waals surface area contributed by atoms with Gasteiger partial charge < -0.3 is 14.6 Å². The van der Waals surface area contributed by atoms with Gasteiger partial charge in [0.1, 0.15) is 5.69 Å². The normalized spacial score (nSPS) is 10.3. The van der Waals surface area contributed by atoms with Crippen LogP contribution in [0.25, 0.3) is 0 Å². The van der Waals surface area contributed by atoms with Crippen molar-refractivity contribution in [2.24, 2.45) is 0 Å². The van der Waals surface area contributed by atoms with Crippen LogP contribution in [0.4, 0.5) is 0 Å². The van der Waals surface area contributed by atoms with E-state index in [0.717, 1.165) is 0 Å². The molecule has 0 radical (unpaired) electrons. The lowest BCUT2D eigenvalue weighted by Gasteiger charge is -2.11. The molecule has 2 aromatic heterocycles. The minimum absolute atomic E-state index is 0.164. The van der Waals surface area contributed by atoms with Gasteiger partial charge in [0, 0.05) is 18.5 Å². The van der Waals surface area contributed by atoms with Crippen molar-refractivity contribution in [2.75, 3.05) is 14.2 Å². The number of nitrogens with zero attached hydrogens (tertiary/aromatic N) is 4. The Bertz CT molecular complexity index is 611. The highest BCUT2D eigenvalue weighted by molar-refractivity contribution is 5.69. The van der Waals surface area contributed by atoms with E-state index in [9.17, 15) is 4.79 Å². The second-order valence-electron chi connectivity index (χ2n) is 3.97. The Labute approximate surface area is 115 Å². The summed E-state index contributed by atoms with van der Waals surface area (Å²) in [5, 5.41) is 16.3. The molecule has 0 unspecified atom stereocenters. The fourth-order valence-corrected chi connectivity index (χ4v) is 1.77. The number of rotatable bonds is 6. The average Bonchev–Trinajstić information content (AvgIpc) is 2.84. The van der Waals surface area contributed by atoms with E-state index in [2.05, 4.69) is 15.3 Å². The largest absolute Gasteiger partial charge is 0.493 e. The highest BCUT2D eigenvalue weighted by Gasteiger charge is 2.13. The van der Waals surface area contributed by atoms with Crippen molar-refractivity contribution in [3.8, 4) is 11.5 Å². The van der Waals surface area contributed by atoms with Gasteiger partial charge in [-0.2, -0.15) is 0 Å². The van der Waals surface area contributed by atoms with Crippen LogP contribution in [-0.4, -0.2) is 45.3 Å². The molecule has 0 saturated heterocycles. The van der Waals surface area contributed by atoms with Crippen molar-refractivity contribution >= 4 is 5.97 Å².